The van der Waals surface area contributed by atoms with Crippen LogP contribution in [-0.4, -0.2) is 40.6 Å². The number of nitrogens with zero attached hydrogens (tertiary/aromatic N) is 2. The summed E-state index contributed by atoms with van der Waals surface area (Å²) in [6, 6.07) is -0.515. The van der Waals surface area contributed by atoms with Crippen molar-refractivity contribution in [3.8, 4) is 0 Å². The van der Waals surface area contributed by atoms with Crippen LogP contribution in [0.5, 0.6) is 0 Å². The smallest absolute Gasteiger partial charge is 0.273 e. The molecule has 0 aromatic carbocycles. The van der Waals surface area contributed by atoms with Gasteiger partial charge in [-0.05, 0) is 6.92 Å². The lowest BCUT2D eigenvalue weighted by atomic mass is 10.2. The second-order valence-electron chi connectivity index (χ2n) is 4.03. The summed E-state index contributed by atoms with van der Waals surface area (Å²) in [7, 11) is 0. The van der Waals surface area contributed by atoms with Crippen molar-refractivity contribution in [3.05, 3.63) is 16.1 Å². The predicted octanol–water partition coefficient (Wildman–Crippen LogP) is 1.83. The molecular formula is C10H10F2N2O2S. The largest absolute Gasteiger partial charge is 0.328 e. The van der Waals surface area contributed by atoms with Crippen molar-refractivity contribution >= 4 is 23.5 Å². The molecule has 1 atom stereocenters. The maximum atomic E-state index is 13.1. The summed E-state index contributed by atoms with van der Waals surface area (Å²) in [5.41, 5.74) is 0.0571. The van der Waals surface area contributed by atoms with Crippen LogP contribution < -0.4 is 0 Å². The molecule has 2 heterocycles. The first-order chi connectivity index (χ1) is 7.93. The lowest BCUT2D eigenvalue weighted by molar-refractivity contribution is 0.0118. The van der Waals surface area contributed by atoms with Crippen LogP contribution in [0.15, 0.2) is 5.38 Å². The number of amides is 1. The summed E-state index contributed by atoms with van der Waals surface area (Å²) in [6.45, 7) is 0.993. The van der Waals surface area contributed by atoms with E-state index in [1.807, 2.05) is 0 Å². The number of hydrogen-bond acceptors (Lipinski definition) is 4. The lowest BCUT2D eigenvalue weighted by Gasteiger charge is -2.19. The normalized spacial score (nSPS) is 22.8. The van der Waals surface area contributed by atoms with E-state index in [-0.39, 0.29) is 17.1 Å². The van der Waals surface area contributed by atoms with Crippen molar-refractivity contribution in [1.29, 1.82) is 0 Å². The van der Waals surface area contributed by atoms with Gasteiger partial charge in [0.05, 0.1) is 6.54 Å². The van der Waals surface area contributed by atoms with Crippen molar-refractivity contribution in [2.24, 2.45) is 0 Å². The summed E-state index contributed by atoms with van der Waals surface area (Å²) in [6.07, 6.45) is 0.201. The van der Waals surface area contributed by atoms with Gasteiger partial charge in [0, 0.05) is 17.8 Å². The zero-order valence-electron chi connectivity index (χ0n) is 9.02. The quantitative estimate of drug-likeness (QED) is 0.762. The molecule has 0 unspecified atom stereocenters. The fourth-order valence-electron chi connectivity index (χ4n) is 1.87. The number of carbonyl (C=O) groups is 2. The molecule has 1 aromatic rings. The van der Waals surface area contributed by atoms with Crippen molar-refractivity contribution in [1.82, 2.24) is 9.88 Å². The molecule has 0 aliphatic carbocycles. The average Bonchev–Trinajstić information content (AvgIpc) is 2.81. The van der Waals surface area contributed by atoms with Crippen molar-refractivity contribution in [3.63, 3.8) is 0 Å². The first-order valence-corrected chi connectivity index (χ1v) is 5.90. The first-order valence-electron chi connectivity index (χ1n) is 5.02. The number of alkyl halides is 2. The standard InChI is InChI=1S/C10H10F2N2O2S/c1-6-2-10(11,12)5-14(6)9(16)7-4-17-8(3-15)13-7/h3-4,6H,2,5H2,1H3/t6-/m0/s1. The molecule has 0 bridgehead atoms. The van der Waals surface area contributed by atoms with Crippen molar-refractivity contribution in [2.75, 3.05) is 6.54 Å². The zero-order chi connectivity index (χ0) is 12.6. The van der Waals surface area contributed by atoms with Gasteiger partial charge in [0.2, 0.25) is 0 Å². The highest BCUT2D eigenvalue weighted by atomic mass is 32.1. The molecule has 1 saturated heterocycles. The Labute approximate surface area is 100 Å². The fraction of sp³-hybridized carbons (Fsp3) is 0.500. The Morgan fingerprint density at radius 2 is 2.41 bits per heavy atom. The van der Waals surface area contributed by atoms with Crippen LogP contribution in [0, 0.1) is 0 Å². The van der Waals surface area contributed by atoms with E-state index in [2.05, 4.69) is 4.98 Å². The number of rotatable bonds is 2. The molecule has 0 saturated carbocycles. The minimum Gasteiger partial charge on any atom is -0.328 e. The zero-order valence-corrected chi connectivity index (χ0v) is 9.84. The van der Waals surface area contributed by atoms with Crippen LogP contribution in [0.3, 0.4) is 0 Å². The van der Waals surface area contributed by atoms with Gasteiger partial charge in [-0.2, -0.15) is 0 Å². The van der Waals surface area contributed by atoms with E-state index in [1.165, 1.54) is 5.38 Å². The van der Waals surface area contributed by atoms with Crippen LogP contribution in [0.1, 0.15) is 33.6 Å². The lowest BCUT2D eigenvalue weighted by Crippen LogP contribution is -2.35. The number of thiazole rings is 1. The predicted molar refractivity (Wildman–Crippen MR) is 57.6 cm³/mol. The second-order valence-corrected chi connectivity index (χ2v) is 4.92. The van der Waals surface area contributed by atoms with Gasteiger partial charge in [-0.3, -0.25) is 9.59 Å². The Hall–Kier alpha value is -1.37. The highest BCUT2D eigenvalue weighted by Crippen LogP contribution is 2.32. The van der Waals surface area contributed by atoms with E-state index in [9.17, 15) is 18.4 Å². The Balaban J connectivity index is 2.18. The molecular weight excluding hydrogens is 250 g/mol. The van der Waals surface area contributed by atoms with E-state index in [0.717, 1.165) is 16.2 Å². The average molecular weight is 260 g/mol. The Kier molecular flexibility index (Phi) is 2.94. The Morgan fingerprint density at radius 1 is 1.71 bits per heavy atom. The molecule has 1 aliphatic heterocycles. The van der Waals surface area contributed by atoms with Gasteiger partial charge in [-0.25, -0.2) is 13.8 Å². The van der Waals surface area contributed by atoms with E-state index in [4.69, 9.17) is 0 Å². The summed E-state index contributed by atoms with van der Waals surface area (Å²) < 4.78 is 26.2. The first kappa shape index (κ1) is 12.1. The number of halogens is 2. The second kappa shape index (κ2) is 4.14. The van der Waals surface area contributed by atoms with Gasteiger partial charge in [0.1, 0.15) is 5.69 Å². The monoisotopic (exact) mass is 260 g/mol. The number of carbonyl (C=O) groups excluding carboxylic acids is 2. The van der Waals surface area contributed by atoms with Crippen LogP contribution in [0.4, 0.5) is 8.78 Å². The maximum Gasteiger partial charge on any atom is 0.273 e. The molecule has 17 heavy (non-hydrogen) atoms. The van der Waals surface area contributed by atoms with E-state index < -0.39 is 24.4 Å². The molecule has 1 fully saturated rings. The molecule has 2 rings (SSSR count). The summed E-state index contributed by atoms with van der Waals surface area (Å²) >= 11 is 1.02. The molecule has 7 heteroatoms. The van der Waals surface area contributed by atoms with E-state index in [0.29, 0.717) is 6.29 Å². The number of likely N-dealkylation sites (tertiary alicyclic amines) is 1. The fourth-order valence-corrected chi connectivity index (χ4v) is 2.46. The summed E-state index contributed by atoms with van der Waals surface area (Å²) in [4.78, 5) is 27.2. The minimum atomic E-state index is -2.83. The molecule has 0 radical (unpaired) electrons. The SMILES string of the molecule is C[C@H]1CC(F)(F)CN1C(=O)c1csc(C=O)n1. The molecule has 1 amide bonds. The molecule has 0 N–H and O–H groups in total. The summed E-state index contributed by atoms with van der Waals surface area (Å²) in [5.74, 6) is -3.38. The van der Waals surface area contributed by atoms with Crippen LogP contribution in [0.25, 0.3) is 0 Å². The van der Waals surface area contributed by atoms with Crippen LogP contribution in [-0.2, 0) is 0 Å². The molecule has 92 valence electrons. The van der Waals surface area contributed by atoms with Gasteiger partial charge >= 0.3 is 0 Å². The summed E-state index contributed by atoms with van der Waals surface area (Å²) in [5, 5.41) is 1.59. The van der Waals surface area contributed by atoms with Gasteiger partial charge in [-0.15, -0.1) is 11.3 Å². The van der Waals surface area contributed by atoms with Crippen LogP contribution in [0.2, 0.25) is 0 Å². The highest BCUT2D eigenvalue weighted by molar-refractivity contribution is 7.11. The van der Waals surface area contributed by atoms with Crippen molar-refractivity contribution in [2.45, 2.75) is 25.3 Å². The topological polar surface area (TPSA) is 50.3 Å². The van der Waals surface area contributed by atoms with Crippen LogP contribution >= 0.6 is 11.3 Å². The number of aldehydes is 1. The molecule has 1 aliphatic rings. The highest BCUT2D eigenvalue weighted by Gasteiger charge is 2.45. The van der Waals surface area contributed by atoms with E-state index >= 15 is 0 Å². The third-order valence-electron chi connectivity index (χ3n) is 2.63. The van der Waals surface area contributed by atoms with Gasteiger partial charge in [-0.1, -0.05) is 0 Å². The maximum absolute atomic E-state index is 13.1. The Bertz CT molecular complexity index is 461. The molecule has 4 nitrogen and oxygen atoms in total. The minimum absolute atomic E-state index is 0.0571. The third kappa shape index (κ3) is 2.33. The third-order valence-corrected chi connectivity index (χ3v) is 3.40. The van der Waals surface area contributed by atoms with Gasteiger partial charge < -0.3 is 4.90 Å². The Morgan fingerprint density at radius 3 is 2.88 bits per heavy atom. The van der Waals surface area contributed by atoms with Gasteiger partial charge in [0.15, 0.2) is 11.3 Å². The number of aromatic nitrogens is 1. The van der Waals surface area contributed by atoms with E-state index in [1.54, 1.807) is 6.92 Å². The molecule has 0 spiro atoms. The molecule has 1 aromatic heterocycles. The van der Waals surface area contributed by atoms with Crippen molar-refractivity contribution < 1.29 is 18.4 Å². The van der Waals surface area contributed by atoms with Gasteiger partial charge in [0.25, 0.3) is 11.8 Å². The number of hydrogen-bond donors (Lipinski definition) is 0.